The maximum Gasteiger partial charge on any atom is 0.294 e. The van der Waals surface area contributed by atoms with Crippen molar-refractivity contribution in [3.8, 4) is 0 Å². The highest BCUT2D eigenvalue weighted by Crippen LogP contribution is 2.31. The number of hydrogen-bond donors (Lipinski definition) is 1. The Morgan fingerprint density at radius 1 is 1.24 bits per heavy atom. The van der Waals surface area contributed by atoms with E-state index in [9.17, 15) is 18.8 Å². The van der Waals surface area contributed by atoms with Crippen molar-refractivity contribution in [2.75, 3.05) is 11.9 Å². The van der Waals surface area contributed by atoms with Gasteiger partial charge in [-0.3, -0.25) is 24.3 Å². The van der Waals surface area contributed by atoms with E-state index in [2.05, 4.69) is 10.3 Å². The van der Waals surface area contributed by atoms with Crippen molar-refractivity contribution in [3.63, 3.8) is 0 Å². The summed E-state index contributed by atoms with van der Waals surface area (Å²) in [4.78, 5) is 41.4. The Morgan fingerprint density at radius 3 is 2.68 bits per heavy atom. The molecule has 0 radical (unpaired) electrons. The van der Waals surface area contributed by atoms with Gasteiger partial charge in [-0.2, -0.15) is 0 Å². The normalized spacial score (nSPS) is 15.7. The van der Waals surface area contributed by atoms with Crippen LogP contribution < -0.4 is 5.32 Å². The fourth-order valence-corrected chi connectivity index (χ4v) is 2.96. The lowest BCUT2D eigenvalue weighted by molar-refractivity contribution is -0.127. The lowest BCUT2D eigenvalue weighted by atomic mass is 10.2. The zero-order valence-corrected chi connectivity index (χ0v) is 13.6. The van der Waals surface area contributed by atoms with Gasteiger partial charge in [0, 0.05) is 18.1 Å². The summed E-state index contributed by atoms with van der Waals surface area (Å²) in [7, 11) is 0. The number of imide groups is 1. The van der Waals surface area contributed by atoms with Crippen LogP contribution in [0.3, 0.4) is 0 Å². The van der Waals surface area contributed by atoms with Crippen molar-refractivity contribution in [1.82, 2.24) is 9.88 Å². The maximum absolute atomic E-state index is 12.9. The SMILES string of the molecule is O=C(CN1C(=O)S/C(=C/c2cccnc2)C1=O)Nc1ccc(F)cc1. The topological polar surface area (TPSA) is 79.4 Å². The molecule has 1 fully saturated rings. The van der Waals surface area contributed by atoms with Crippen LogP contribution >= 0.6 is 11.8 Å². The third-order valence-corrected chi connectivity index (χ3v) is 4.19. The molecule has 0 bridgehead atoms. The van der Waals surface area contributed by atoms with Crippen LogP contribution in [0.4, 0.5) is 14.9 Å². The van der Waals surface area contributed by atoms with E-state index in [0.717, 1.165) is 16.7 Å². The van der Waals surface area contributed by atoms with Crippen LogP contribution in [-0.4, -0.2) is 33.5 Å². The van der Waals surface area contributed by atoms with Crippen molar-refractivity contribution in [3.05, 3.63) is 65.1 Å². The Morgan fingerprint density at radius 2 is 2.00 bits per heavy atom. The van der Waals surface area contributed by atoms with Gasteiger partial charge in [0.1, 0.15) is 12.4 Å². The van der Waals surface area contributed by atoms with Gasteiger partial charge in [0.2, 0.25) is 5.91 Å². The average molecular weight is 357 g/mol. The molecule has 2 heterocycles. The van der Waals surface area contributed by atoms with E-state index in [1.807, 2.05) is 0 Å². The maximum atomic E-state index is 12.9. The van der Waals surface area contributed by atoms with Gasteiger partial charge in [0.25, 0.3) is 11.1 Å². The number of nitrogens with one attached hydrogen (secondary N) is 1. The molecular weight excluding hydrogens is 345 g/mol. The van der Waals surface area contributed by atoms with Gasteiger partial charge in [-0.15, -0.1) is 0 Å². The van der Waals surface area contributed by atoms with E-state index < -0.39 is 29.4 Å². The Balaban J connectivity index is 1.67. The first-order valence-corrected chi connectivity index (χ1v) is 8.05. The highest BCUT2D eigenvalue weighted by Gasteiger charge is 2.36. The van der Waals surface area contributed by atoms with Crippen LogP contribution in [0.2, 0.25) is 0 Å². The van der Waals surface area contributed by atoms with E-state index >= 15 is 0 Å². The number of carbonyl (C=O) groups is 3. The molecule has 25 heavy (non-hydrogen) atoms. The molecule has 1 aliphatic rings. The van der Waals surface area contributed by atoms with E-state index in [4.69, 9.17) is 0 Å². The summed E-state index contributed by atoms with van der Waals surface area (Å²) in [6.07, 6.45) is 4.72. The van der Waals surface area contributed by atoms with Gasteiger partial charge in [0.05, 0.1) is 4.91 Å². The molecule has 0 saturated carbocycles. The van der Waals surface area contributed by atoms with Crippen LogP contribution in [0, 0.1) is 5.82 Å². The number of anilines is 1. The summed E-state index contributed by atoms with van der Waals surface area (Å²) in [6, 6.07) is 8.65. The number of thioether (sulfide) groups is 1. The molecule has 0 unspecified atom stereocenters. The fourth-order valence-electron chi connectivity index (χ4n) is 2.13. The minimum absolute atomic E-state index is 0.229. The molecule has 3 rings (SSSR count). The van der Waals surface area contributed by atoms with Crippen LogP contribution in [0.15, 0.2) is 53.7 Å². The molecule has 8 heteroatoms. The number of nitrogens with zero attached hydrogens (tertiary/aromatic N) is 2. The second kappa shape index (κ2) is 7.27. The molecule has 2 aromatic rings. The number of pyridine rings is 1. The van der Waals surface area contributed by atoms with Crippen molar-refractivity contribution >= 4 is 40.6 Å². The second-order valence-corrected chi connectivity index (χ2v) is 6.10. The van der Waals surface area contributed by atoms with Gasteiger partial charge in [0.15, 0.2) is 0 Å². The van der Waals surface area contributed by atoms with Crippen molar-refractivity contribution < 1.29 is 18.8 Å². The summed E-state index contributed by atoms with van der Waals surface area (Å²) in [5, 5.41) is 1.99. The smallest absolute Gasteiger partial charge is 0.294 e. The van der Waals surface area contributed by atoms with Crippen molar-refractivity contribution in [2.24, 2.45) is 0 Å². The van der Waals surface area contributed by atoms with Crippen LogP contribution in [0.25, 0.3) is 6.08 Å². The highest BCUT2D eigenvalue weighted by molar-refractivity contribution is 8.18. The molecule has 1 saturated heterocycles. The zero-order valence-electron chi connectivity index (χ0n) is 12.8. The molecule has 1 aliphatic heterocycles. The molecule has 1 aromatic heterocycles. The third kappa shape index (κ3) is 4.10. The standard InChI is InChI=1S/C17H12FN3O3S/c18-12-3-5-13(6-4-12)20-15(22)10-21-16(23)14(25-17(21)24)8-11-2-1-7-19-9-11/h1-9H,10H2,(H,20,22)/b14-8+. The van der Waals surface area contributed by atoms with E-state index in [0.29, 0.717) is 11.3 Å². The number of hydrogen-bond acceptors (Lipinski definition) is 5. The molecule has 126 valence electrons. The van der Waals surface area contributed by atoms with Crippen LogP contribution in [0.1, 0.15) is 5.56 Å². The molecule has 0 aliphatic carbocycles. The average Bonchev–Trinajstić information content (AvgIpc) is 2.85. The molecular formula is C17H12FN3O3S. The van der Waals surface area contributed by atoms with E-state index in [-0.39, 0.29) is 4.91 Å². The fraction of sp³-hybridized carbons (Fsp3) is 0.0588. The van der Waals surface area contributed by atoms with E-state index in [1.165, 1.54) is 24.3 Å². The quantitative estimate of drug-likeness (QED) is 0.851. The Kier molecular flexibility index (Phi) is 4.90. The molecule has 6 nitrogen and oxygen atoms in total. The van der Waals surface area contributed by atoms with Gasteiger partial charge < -0.3 is 5.32 Å². The van der Waals surface area contributed by atoms with Crippen LogP contribution in [0.5, 0.6) is 0 Å². The minimum atomic E-state index is -0.545. The molecule has 1 aromatic carbocycles. The predicted molar refractivity (Wildman–Crippen MR) is 91.9 cm³/mol. The van der Waals surface area contributed by atoms with Gasteiger partial charge in [-0.05, 0) is 53.7 Å². The zero-order chi connectivity index (χ0) is 17.8. The summed E-state index contributed by atoms with van der Waals surface area (Å²) in [5.41, 5.74) is 1.06. The Bertz CT molecular complexity index is 853. The second-order valence-electron chi connectivity index (χ2n) is 5.11. The Hall–Kier alpha value is -3.00. The lowest BCUT2D eigenvalue weighted by Gasteiger charge is -2.12. The van der Waals surface area contributed by atoms with Crippen molar-refractivity contribution in [1.29, 1.82) is 0 Å². The number of benzene rings is 1. The first-order valence-electron chi connectivity index (χ1n) is 7.24. The first-order chi connectivity index (χ1) is 12.0. The minimum Gasteiger partial charge on any atom is -0.325 e. The largest absolute Gasteiger partial charge is 0.325 e. The molecule has 0 atom stereocenters. The number of carbonyl (C=O) groups excluding carboxylic acids is 3. The van der Waals surface area contributed by atoms with Crippen molar-refractivity contribution in [2.45, 2.75) is 0 Å². The van der Waals surface area contributed by atoms with Gasteiger partial charge in [-0.1, -0.05) is 6.07 Å². The number of amides is 3. The number of rotatable bonds is 4. The molecule has 3 amide bonds. The predicted octanol–water partition coefficient (Wildman–Crippen LogP) is 2.90. The molecule has 0 spiro atoms. The summed E-state index contributed by atoms with van der Waals surface area (Å²) < 4.78 is 12.9. The van der Waals surface area contributed by atoms with Gasteiger partial charge in [-0.25, -0.2) is 4.39 Å². The highest BCUT2D eigenvalue weighted by atomic mass is 32.2. The lowest BCUT2D eigenvalue weighted by Crippen LogP contribution is -2.36. The van der Waals surface area contributed by atoms with Gasteiger partial charge >= 0.3 is 0 Å². The number of halogens is 1. The third-order valence-electron chi connectivity index (χ3n) is 3.29. The molecule has 1 N–H and O–H groups in total. The number of aromatic nitrogens is 1. The summed E-state index contributed by atoms with van der Waals surface area (Å²) >= 11 is 0.768. The first kappa shape index (κ1) is 16.8. The van der Waals surface area contributed by atoms with E-state index in [1.54, 1.807) is 30.6 Å². The monoisotopic (exact) mass is 357 g/mol. The summed E-state index contributed by atoms with van der Waals surface area (Å²) in [5.74, 6) is -1.51. The Labute approximate surface area is 146 Å². The van der Waals surface area contributed by atoms with Crippen LogP contribution in [-0.2, 0) is 9.59 Å². The summed E-state index contributed by atoms with van der Waals surface area (Å²) in [6.45, 7) is -0.410.